The Morgan fingerprint density at radius 3 is 2.62 bits per heavy atom. The Hall–Kier alpha value is -1.14. The molecule has 1 aliphatic rings. The highest BCUT2D eigenvalue weighted by Crippen LogP contribution is 2.35. The molecule has 142 valence electrons. The number of ether oxygens (including phenoxy) is 1. The number of carbonyl (C=O) groups excluding carboxylic acids is 1. The SMILES string of the molecule is CCC(CC)C(CNC(=O)c1sc2ccccc2c1Cl)N1CCOCC1. The number of halogens is 1. The highest BCUT2D eigenvalue weighted by molar-refractivity contribution is 7.21. The van der Waals surface area contributed by atoms with Crippen LogP contribution in [0.25, 0.3) is 10.1 Å². The average molecular weight is 395 g/mol. The lowest BCUT2D eigenvalue weighted by Crippen LogP contribution is -2.52. The number of hydrogen-bond donors (Lipinski definition) is 1. The van der Waals surface area contributed by atoms with Crippen LogP contribution in [0.1, 0.15) is 36.4 Å². The predicted octanol–water partition coefficient (Wildman–Crippen LogP) is 4.42. The number of amides is 1. The van der Waals surface area contributed by atoms with Gasteiger partial charge in [-0.3, -0.25) is 9.69 Å². The van der Waals surface area contributed by atoms with Gasteiger partial charge < -0.3 is 10.1 Å². The molecule has 1 unspecified atom stereocenters. The van der Waals surface area contributed by atoms with E-state index >= 15 is 0 Å². The van der Waals surface area contributed by atoms with Crippen LogP contribution in [0.4, 0.5) is 0 Å². The zero-order chi connectivity index (χ0) is 18.5. The molecule has 2 aromatic rings. The Bertz CT molecular complexity index is 738. The van der Waals surface area contributed by atoms with Crippen molar-refractivity contribution in [2.24, 2.45) is 5.92 Å². The van der Waals surface area contributed by atoms with E-state index in [1.54, 1.807) is 0 Å². The van der Waals surface area contributed by atoms with E-state index in [0.717, 1.165) is 49.2 Å². The molecule has 1 fully saturated rings. The first-order valence-corrected chi connectivity index (χ1v) is 10.6. The van der Waals surface area contributed by atoms with Crippen LogP contribution < -0.4 is 5.32 Å². The number of benzene rings is 1. The van der Waals surface area contributed by atoms with Crippen molar-refractivity contribution in [3.8, 4) is 0 Å². The fraction of sp³-hybridized carbons (Fsp3) is 0.550. The van der Waals surface area contributed by atoms with Gasteiger partial charge in [-0.05, 0) is 12.0 Å². The summed E-state index contributed by atoms with van der Waals surface area (Å²) in [5.74, 6) is 0.492. The summed E-state index contributed by atoms with van der Waals surface area (Å²) in [6, 6.07) is 8.23. The third kappa shape index (κ3) is 4.22. The highest BCUT2D eigenvalue weighted by Gasteiger charge is 2.28. The monoisotopic (exact) mass is 394 g/mol. The minimum absolute atomic E-state index is 0.0691. The van der Waals surface area contributed by atoms with Crippen LogP contribution in [-0.4, -0.2) is 49.7 Å². The number of fused-ring (bicyclic) bond motifs is 1. The third-order valence-electron chi connectivity index (χ3n) is 5.32. The summed E-state index contributed by atoms with van der Waals surface area (Å²) in [6.45, 7) is 8.51. The van der Waals surface area contributed by atoms with Gasteiger partial charge in [-0.1, -0.05) is 56.5 Å². The van der Waals surface area contributed by atoms with Crippen molar-refractivity contribution in [2.45, 2.75) is 32.7 Å². The van der Waals surface area contributed by atoms with E-state index < -0.39 is 0 Å². The van der Waals surface area contributed by atoms with Crippen LogP contribution in [0, 0.1) is 5.92 Å². The summed E-state index contributed by atoms with van der Waals surface area (Å²) in [6.07, 6.45) is 2.22. The van der Waals surface area contributed by atoms with Gasteiger partial charge in [0.25, 0.3) is 5.91 Å². The summed E-state index contributed by atoms with van der Waals surface area (Å²) >= 11 is 7.92. The number of hydrogen-bond acceptors (Lipinski definition) is 4. The molecule has 1 aliphatic heterocycles. The second-order valence-corrected chi connectivity index (χ2v) is 8.17. The highest BCUT2D eigenvalue weighted by atomic mass is 35.5. The van der Waals surface area contributed by atoms with Crippen molar-refractivity contribution in [3.05, 3.63) is 34.2 Å². The summed E-state index contributed by atoms with van der Waals surface area (Å²) < 4.78 is 6.54. The average Bonchev–Trinajstić information content (AvgIpc) is 3.02. The zero-order valence-corrected chi connectivity index (χ0v) is 17.0. The van der Waals surface area contributed by atoms with Gasteiger partial charge in [0.05, 0.1) is 18.2 Å². The van der Waals surface area contributed by atoms with E-state index in [4.69, 9.17) is 16.3 Å². The standard InChI is InChI=1S/C20H27ClN2O2S/c1-3-14(4-2)16(23-9-11-25-12-10-23)13-22-20(24)19-18(21)15-7-5-6-8-17(15)26-19/h5-8,14,16H,3-4,9-13H2,1-2H3,(H,22,24). The fourth-order valence-electron chi connectivity index (χ4n) is 3.77. The number of nitrogens with one attached hydrogen (secondary N) is 1. The number of morpholine rings is 1. The van der Waals surface area contributed by atoms with Gasteiger partial charge >= 0.3 is 0 Å². The minimum Gasteiger partial charge on any atom is -0.379 e. The van der Waals surface area contributed by atoms with E-state index in [0.29, 0.717) is 28.4 Å². The molecule has 0 radical (unpaired) electrons. The molecule has 3 rings (SSSR count). The molecule has 4 nitrogen and oxygen atoms in total. The summed E-state index contributed by atoms with van der Waals surface area (Å²) in [5, 5.41) is 4.67. The molecule has 0 aliphatic carbocycles. The summed E-state index contributed by atoms with van der Waals surface area (Å²) in [7, 11) is 0. The van der Waals surface area contributed by atoms with Crippen molar-refractivity contribution in [1.29, 1.82) is 0 Å². The van der Waals surface area contributed by atoms with Crippen LogP contribution in [0.15, 0.2) is 24.3 Å². The van der Waals surface area contributed by atoms with Crippen LogP contribution >= 0.6 is 22.9 Å². The van der Waals surface area contributed by atoms with Gasteiger partial charge in [-0.15, -0.1) is 11.3 Å². The van der Waals surface area contributed by atoms with Gasteiger partial charge in [-0.2, -0.15) is 0 Å². The molecule has 0 saturated carbocycles. The Labute approximate surface area is 164 Å². The van der Waals surface area contributed by atoms with Crippen LogP contribution in [0.2, 0.25) is 5.02 Å². The molecule has 0 spiro atoms. The van der Waals surface area contributed by atoms with E-state index in [2.05, 4.69) is 24.1 Å². The number of rotatable bonds is 7. The van der Waals surface area contributed by atoms with Gasteiger partial charge in [0.2, 0.25) is 0 Å². The van der Waals surface area contributed by atoms with Gasteiger partial charge in [0, 0.05) is 35.8 Å². The first-order chi connectivity index (χ1) is 12.7. The molecule has 26 heavy (non-hydrogen) atoms. The molecular weight excluding hydrogens is 368 g/mol. The third-order valence-corrected chi connectivity index (χ3v) is 6.99. The Morgan fingerprint density at radius 1 is 1.27 bits per heavy atom. The summed E-state index contributed by atoms with van der Waals surface area (Å²) in [4.78, 5) is 15.9. The van der Waals surface area contributed by atoms with Gasteiger partial charge in [0.15, 0.2) is 0 Å². The Morgan fingerprint density at radius 2 is 1.96 bits per heavy atom. The smallest absolute Gasteiger partial charge is 0.262 e. The van der Waals surface area contributed by atoms with Crippen molar-refractivity contribution >= 4 is 38.9 Å². The maximum absolute atomic E-state index is 12.8. The van der Waals surface area contributed by atoms with Crippen molar-refractivity contribution < 1.29 is 9.53 Å². The lowest BCUT2D eigenvalue weighted by atomic mass is 9.92. The molecular formula is C20H27ClN2O2S. The van der Waals surface area contributed by atoms with Gasteiger partial charge in [0.1, 0.15) is 4.88 Å². The number of thiophene rings is 1. The molecule has 1 amide bonds. The molecule has 0 bridgehead atoms. The topological polar surface area (TPSA) is 41.6 Å². The first-order valence-electron chi connectivity index (χ1n) is 9.42. The maximum atomic E-state index is 12.8. The number of carbonyl (C=O) groups is 1. The number of nitrogens with zero attached hydrogens (tertiary/aromatic N) is 1. The molecule has 1 N–H and O–H groups in total. The van der Waals surface area contributed by atoms with E-state index in [1.165, 1.54) is 11.3 Å². The van der Waals surface area contributed by atoms with Crippen molar-refractivity contribution in [3.63, 3.8) is 0 Å². The molecule has 1 atom stereocenters. The lowest BCUT2D eigenvalue weighted by molar-refractivity contribution is 0.00192. The quantitative estimate of drug-likeness (QED) is 0.755. The summed E-state index contributed by atoms with van der Waals surface area (Å²) in [5.41, 5.74) is 0. The second-order valence-electron chi connectivity index (χ2n) is 6.74. The maximum Gasteiger partial charge on any atom is 0.262 e. The molecule has 1 aromatic carbocycles. The largest absolute Gasteiger partial charge is 0.379 e. The van der Waals surface area contributed by atoms with E-state index in [1.807, 2.05) is 24.3 Å². The molecule has 1 saturated heterocycles. The van der Waals surface area contributed by atoms with Crippen molar-refractivity contribution in [1.82, 2.24) is 10.2 Å². The first kappa shape index (κ1) is 19.6. The fourth-order valence-corrected chi connectivity index (χ4v) is 5.21. The lowest BCUT2D eigenvalue weighted by Gasteiger charge is -2.38. The minimum atomic E-state index is -0.0691. The van der Waals surface area contributed by atoms with Gasteiger partial charge in [-0.25, -0.2) is 0 Å². The van der Waals surface area contributed by atoms with E-state index in [9.17, 15) is 4.79 Å². The zero-order valence-electron chi connectivity index (χ0n) is 15.5. The molecule has 6 heteroatoms. The second kappa shape index (κ2) is 9.18. The normalized spacial score (nSPS) is 16.9. The van der Waals surface area contributed by atoms with Crippen LogP contribution in [-0.2, 0) is 4.74 Å². The van der Waals surface area contributed by atoms with Crippen molar-refractivity contribution in [2.75, 3.05) is 32.8 Å². The van der Waals surface area contributed by atoms with Crippen LogP contribution in [0.3, 0.4) is 0 Å². The molecule has 2 heterocycles. The van der Waals surface area contributed by atoms with Crippen LogP contribution in [0.5, 0.6) is 0 Å². The Balaban J connectivity index is 1.72. The molecule has 1 aromatic heterocycles. The Kier molecular flexibility index (Phi) is 6.92. The van der Waals surface area contributed by atoms with E-state index in [-0.39, 0.29) is 5.91 Å². The predicted molar refractivity (Wildman–Crippen MR) is 109 cm³/mol.